The third kappa shape index (κ3) is 3.25. The topological polar surface area (TPSA) is 118 Å². The Kier molecular flexibility index (Phi) is 5.64. The van der Waals surface area contributed by atoms with Gasteiger partial charge in [-0.3, -0.25) is 14.4 Å². The first-order valence-electron chi connectivity index (χ1n) is 12.2. The van der Waals surface area contributed by atoms with Gasteiger partial charge in [-0.15, -0.1) is 16.9 Å². The number of cyclic esters (lactones) is 1. The lowest BCUT2D eigenvalue weighted by atomic mass is 9.78. The summed E-state index contributed by atoms with van der Waals surface area (Å²) in [6.45, 7) is 2.28. The molecular weight excluding hydrogens is 482 g/mol. The normalized spacial score (nSPS) is 32.2. The summed E-state index contributed by atoms with van der Waals surface area (Å²) in [5, 5.41) is 18.3. The van der Waals surface area contributed by atoms with Crippen LogP contribution >= 0.6 is 11.8 Å². The Hall–Kier alpha value is -3.18. The molecule has 188 valence electrons. The summed E-state index contributed by atoms with van der Waals surface area (Å²) < 4.78 is 6.13. The number of aliphatic hydroxyl groups is 1. The van der Waals surface area contributed by atoms with Crippen LogP contribution < -0.4 is 0 Å². The number of carbonyl (C=O) groups is 3. The first-order valence-corrected chi connectivity index (χ1v) is 13.1. The summed E-state index contributed by atoms with van der Waals surface area (Å²) in [5.41, 5.74) is 1.53. The zero-order chi connectivity index (χ0) is 25.0. The average Bonchev–Trinajstić information content (AvgIpc) is 3.43. The van der Waals surface area contributed by atoms with Gasteiger partial charge in [0.15, 0.2) is 0 Å². The Morgan fingerprint density at radius 1 is 1.22 bits per heavy atom. The summed E-state index contributed by atoms with van der Waals surface area (Å²) in [5.74, 6) is -2.36. The second-order valence-electron chi connectivity index (χ2n) is 9.57. The van der Waals surface area contributed by atoms with Gasteiger partial charge < -0.3 is 19.6 Å². The summed E-state index contributed by atoms with van der Waals surface area (Å²) in [6, 6.07) is 6.13. The number of aromatic nitrogens is 3. The van der Waals surface area contributed by atoms with Crippen molar-refractivity contribution in [2.24, 2.45) is 11.8 Å². The van der Waals surface area contributed by atoms with Crippen molar-refractivity contribution in [3.8, 4) is 0 Å². The highest BCUT2D eigenvalue weighted by molar-refractivity contribution is 8.02. The minimum absolute atomic E-state index is 0.165. The lowest BCUT2D eigenvalue weighted by Gasteiger charge is -2.38. The van der Waals surface area contributed by atoms with Crippen molar-refractivity contribution in [2.75, 3.05) is 19.8 Å². The van der Waals surface area contributed by atoms with E-state index in [1.165, 1.54) is 11.8 Å². The second kappa shape index (κ2) is 8.74. The quantitative estimate of drug-likeness (QED) is 0.468. The third-order valence-corrected chi connectivity index (χ3v) is 9.48. The fourth-order valence-electron chi connectivity index (χ4n) is 6.07. The first-order chi connectivity index (χ1) is 17.5. The maximum absolute atomic E-state index is 14.3. The predicted octanol–water partition coefficient (Wildman–Crippen LogP) is 0.968. The molecular formula is C25H27N5O5S. The zero-order valence-electron chi connectivity index (χ0n) is 19.8. The van der Waals surface area contributed by atoms with E-state index in [1.54, 1.807) is 20.6 Å². The summed E-state index contributed by atoms with van der Waals surface area (Å²) >= 11 is 1.49. The fraction of sp³-hybridized carbons (Fsp3) is 0.480. The molecule has 11 heteroatoms. The smallest absolute Gasteiger partial charge is 0.311 e. The number of rotatable bonds is 5. The van der Waals surface area contributed by atoms with Gasteiger partial charge in [-0.25, -0.2) is 4.68 Å². The van der Waals surface area contributed by atoms with Crippen LogP contribution in [0.25, 0.3) is 11.0 Å². The highest BCUT2D eigenvalue weighted by Gasteiger charge is 2.71. The molecule has 0 saturated carbocycles. The Bertz CT molecular complexity index is 1290. The monoisotopic (exact) mass is 509 g/mol. The molecule has 1 unspecified atom stereocenters. The van der Waals surface area contributed by atoms with Crippen LogP contribution in [0.3, 0.4) is 0 Å². The van der Waals surface area contributed by atoms with E-state index in [2.05, 4.69) is 10.3 Å². The van der Waals surface area contributed by atoms with E-state index >= 15 is 0 Å². The number of amides is 2. The predicted molar refractivity (Wildman–Crippen MR) is 131 cm³/mol. The Labute approximate surface area is 211 Å². The molecule has 1 N–H and O–H groups in total. The zero-order valence-corrected chi connectivity index (χ0v) is 20.6. The number of carbonyl (C=O) groups excluding carboxylic acids is 3. The molecule has 6 atom stereocenters. The molecule has 0 aliphatic carbocycles. The number of nitrogens with zero attached hydrogens (tertiary/aromatic N) is 5. The van der Waals surface area contributed by atoms with Gasteiger partial charge in [-0.1, -0.05) is 48.6 Å². The summed E-state index contributed by atoms with van der Waals surface area (Å²) in [4.78, 5) is 44.5. The van der Waals surface area contributed by atoms with E-state index in [0.29, 0.717) is 13.0 Å². The second-order valence-corrected chi connectivity index (χ2v) is 11.1. The largest absolute Gasteiger partial charge is 0.461 e. The molecule has 2 saturated heterocycles. The highest BCUT2D eigenvalue weighted by atomic mass is 32.2. The molecule has 4 aliphatic rings. The van der Waals surface area contributed by atoms with Crippen LogP contribution in [0.4, 0.5) is 0 Å². The maximum atomic E-state index is 14.3. The lowest BCUT2D eigenvalue weighted by Crippen LogP contribution is -2.56. The molecule has 36 heavy (non-hydrogen) atoms. The molecule has 1 aromatic heterocycles. The number of esters is 1. The Balaban J connectivity index is 1.43. The summed E-state index contributed by atoms with van der Waals surface area (Å²) in [7, 11) is 0. The van der Waals surface area contributed by atoms with E-state index in [0.717, 1.165) is 11.0 Å². The molecule has 0 bridgehead atoms. The molecule has 2 amide bonds. The van der Waals surface area contributed by atoms with Crippen molar-refractivity contribution in [1.29, 1.82) is 0 Å². The van der Waals surface area contributed by atoms with Crippen LogP contribution in [0.2, 0.25) is 0 Å². The van der Waals surface area contributed by atoms with Gasteiger partial charge in [0.25, 0.3) is 0 Å². The van der Waals surface area contributed by atoms with E-state index in [-0.39, 0.29) is 36.9 Å². The molecule has 1 aromatic carbocycles. The van der Waals surface area contributed by atoms with Crippen molar-refractivity contribution < 1.29 is 24.2 Å². The maximum Gasteiger partial charge on any atom is 0.311 e. The minimum Gasteiger partial charge on any atom is -0.461 e. The van der Waals surface area contributed by atoms with Crippen LogP contribution in [0, 0.1) is 11.8 Å². The lowest BCUT2D eigenvalue weighted by molar-refractivity contribution is -0.152. The highest BCUT2D eigenvalue weighted by Crippen LogP contribution is 2.61. The SMILES string of the molecule is CC[C@@H](CO)N1C(=O)[C@@H]2[C@@H]3C(=O)OCC=C[C@@H]3S[C@@]23C=CCN(Cn2nnc4ccccc42)C(=O)C13. The number of likely N-dealkylation sites (tertiary alicyclic amines) is 1. The Morgan fingerprint density at radius 3 is 2.86 bits per heavy atom. The Morgan fingerprint density at radius 2 is 2.06 bits per heavy atom. The number of hydrogen-bond donors (Lipinski definition) is 1. The van der Waals surface area contributed by atoms with Gasteiger partial charge in [0.05, 0.1) is 34.7 Å². The van der Waals surface area contributed by atoms with Crippen molar-refractivity contribution in [1.82, 2.24) is 24.8 Å². The first kappa shape index (κ1) is 23.2. The van der Waals surface area contributed by atoms with Gasteiger partial charge in [0.1, 0.15) is 24.8 Å². The minimum atomic E-state index is -0.939. The van der Waals surface area contributed by atoms with Crippen LogP contribution in [0.5, 0.6) is 0 Å². The van der Waals surface area contributed by atoms with Crippen molar-refractivity contribution in [3.05, 3.63) is 48.6 Å². The van der Waals surface area contributed by atoms with Crippen LogP contribution in [0.15, 0.2) is 48.6 Å². The van der Waals surface area contributed by atoms with E-state index in [4.69, 9.17) is 4.74 Å². The standard InChI is InChI=1S/C25H27N5O5S/c1-2-15(13-31)30-21-23(33)28(14-29-17-8-4-3-7-16(17)26-27-29)11-6-10-25(21)20(22(30)32)19-18(36-25)9-5-12-35-24(19)34/h3-10,15,18-21,31H,2,11-14H2,1H3/t15-,18-,19+,20-,21?,25-/m0/s1. The van der Waals surface area contributed by atoms with Crippen molar-refractivity contribution in [3.63, 3.8) is 0 Å². The average molecular weight is 510 g/mol. The number of para-hydroxylation sites is 1. The van der Waals surface area contributed by atoms with Crippen molar-refractivity contribution in [2.45, 2.75) is 42.1 Å². The molecule has 6 rings (SSSR count). The number of ether oxygens (including phenoxy) is 1. The van der Waals surface area contributed by atoms with Gasteiger partial charge in [0.2, 0.25) is 11.8 Å². The molecule has 1 spiro atoms. The number of benzene rings is 1. The molecule has 2 aromatic rings. The van der Waals surface area contributed by atoms with Gasteiger partial charge >= 0.3 is 5.97 Å². The summed E-state index contributed by atoms with van der Waals surface area (Å²) in [6.07, 6.45) is 8.07. The van der Waals surface area contributed by atoms with E-state index in [1.807, 2.05) is 49.4 Å². The van der Waals surface area contributed by atoms with Crippen LogP contribution in [-0.4, -0.2) is 89.5 Å². The van der Waals surface area contributed by atoms with Gasteiger partial charge in [-0.05, 0) is 18.6 Å². The molecule has 10 nitrogen and oxygen atoms in total. The third-order valence-electron chi connectivity index (χ3n) is 7.74. The molecule has 2 fully saturated rings. The molecule has 4 aliphatic heterocycles. The number of aliphatic hydroxyl groups excluding tert-OH is 1. The van der Waals surface area contributed by atoms with E-state index < -0.39 is 34.6 Å². The van der Waals surface area contributed by atoms with Crippen LogP contribution in [0.1, 0.15) is 13.3 Å². The molecule has 0 radical (unpaired) electrons. The van der Waals surface area contributed by atoms with Gasteiger partial charge in [0, 0.05) is 11.8 Å². The van der Waals surface area contributed by atoms with Crippen LogP contribution in [-0.2, 0) is 25.8 Å². The van der Waals surface area contributed by atoms with Crippen molar-refractivity contribution >= 4 is 40.6 Å². The number of fused-ring (bicyclic) bond motifs is 3. The number of hydrogen-bond acceptors (Lipinski definition) is 8. The van der Waals surface area contributed by atoms with Gasteiger partial charge in [-0.2, -0.15) is 0 Å². The fourth-order valence-corrected chi connectivity index (χ4v) is 8.06. The van der Waals surface area contributed by atoms with E-state index in [9.17, 15) is 19.5 Å². The number of thioether (sulfide) groups is 1. The molecule has 5 heterocycles.